The van der Waals surface area contributed by atoms with E-state index < -0.39 is 5.82 Å². The van der Waals surface area contributed by atoms with Crippen LogP contribution >= 0.6 is 0 Å². The van der Waals surface area contributed by atoms with Crippen LogP contribution in [0.15, 0.2) is 42.5 Å². The fourth-order valence-corrected chi connectivity index (χ4v) is 2.08. The van der Waals surface area contributed by atoms with E-state index in [9.17, 15) is 9.50 Å². The first-order chi connectivity index (χ1) is 9.10. The van der Waals surface area contributed by atoms with Gasteiger partial charge in [-0.15, -0.1) is 0 Å². The molecule has 0 radical (unpaired) electrons. The Hall–Kier alpha value is -2.03. The highest BCUT2D eigenvalue weighted by Crippen LogP contribution is 2.24. The lowest BCUT2D eigenvalue weighted by Gasteiger charge is -2.17. The number of aromatic hydroxyl groups is 1. The van der Waals surface area contributed by atoms with Crippen LogP contribution in [-0.2, 0) is 6.42 Å². The Bertz CT molecular complexity index is 568. The molecule has 0 aliphatic rings. The van der Waals surface area contributed by atoms with Gasteiger partial charge in [-0.05, 0) is 37.1 Å². The maximum absolute atomic E-state index is 13.7. The molecule has 0 heterocycles. The molecule has 0 fully saturated rings. The van der Waals surface area contributed by atoms with Gasteiger partial charge in [0.05, 0.1) is 6.04 Å². The van der Waals surface area contributed by atoms with E-state index in [0.29, 0.717) is 5.56 Å². The lowest BCUT2D eigenvalue weighted by atomic mass is 10.1. The minimum absolute atomic E-state index is 0.0542. The molecule has 0 bridgehead atoms. The van der Waals surface area contributed by atoms with Gasteiger partial charge in [0.2, 0.25) is 0 Å². The number of hydrogen-bond donors (Lipinski definition) is 2. The molecule has 0 saturated heterocycles. The second-order valence-electron chi connectivity index (χ2n) is 4.63. The fraction of sp³-hybridized carbons (Fsp3) is 0.250. The van der Waals surface area contributed by atoms with Gasteiger partial charge >= 0.3 is 0 Å². The monoisotopic (exact) mass is 259 g/mol. The predicted octanol–water partition coefficient (Wildman–Crippen LogP) is 4.27. The number of hydrogen-bond acceptors (Lipinski definition) is 2. The quantitative estimate of drug-likeness (QED) is 0.859. The van der Waals surface area contributed by atoms with Crippen molar-refractivity contribution in [2.75, 3.05) is 5.32 Å². The SMILES string of the molecule is CCc1cccc(NC(C)c2ccc(O)cc2F)c1. The molecular weight excluding hydrogens is 241 g/mol. The lowest BCUT2D eigenvalue weighted by Crippen LogP contribution is -2.08. The number of aryl methyl sites for hydroxylation is 1. The largest absolute Gasteiger partial charge is 0.508 e. The Balaban J connectivity index is 2.17. The van der Waals surface area contributed by atoms with Crippen LogP contribution < -0.4 is 5.32 Å². The summed E-state index contributed by atoms with van der Waals surface area (Å²) in [5.74, 6) is -0.451. The summed E-state index contributed by atoms with van der Waals surface area (Å²) in [4.78, 5) is 0. The summed E-state index contributed by atoms with van der Waals surface area (Å²) in [5, 5.41) is 12.5. The van der Waals surface area contributed by atoms with Crippen LogP contribution in [0.4, 0.5) is 10.1 Å². The van der Waals surface area contributed by atoms with E-state index in [-0.39, 0.29) is 11.8 Å². The van der Waals surface area contributed by atoms with Crippen LogP contribution in [0.3, 0.4) is 0 Å². The molecular formula is C16H18FNO. The van der Waals surface area contributed by atoms with Crippen molar-refractivity contribution in [2.24, 2.45) is 0 Å². The third-order valence-electron chi connectivity index (χ3n) is 3.17. The van der Waals surface area contributed by atoms with Crippen LogP contribution in [0.25, 0.3) is 0 Å². The van der Waals surface area contributed by atoms with Crippen LogP contribution in [-0.4, -0.2) is 5.11 Å². The molecule has 0 aromatic heterocycles. The standard InChI is InChI=1S/C16H18FNO/c1-3-12-5-4-6-13(9-12)18-11(2)15-8-7-14(19)10-16(15)17/h4-11,18-19H,3H2,1-2H3. The van der Waals surface area contributed by atoms with Crippen molar-refractivity contribution in [3.63, 3.8) is 0 Å². The van der Waals surface area contributed by atoms with E-state index in [0.717, 1.165) is 18.2 Å². The van der Waals surface area contributed by atoms with E-state index in [1.54, 1.807) is 6.07 Å². The Morgan fingerprint density at radius 3 is 2.68 bits per heavy atom. The van der Waals surface area contributed by atoms with Gasteiger partial charge in [0.1, 0.15) is 11.6 Å². The number of phenolic OH excluding ortho intramolecular Hbond substituents is 1. The van der Waals surface area contributed by atoms with Crippen LogP contribution in [0.2, 0.25) is 0 Å². The average molecular weight is 259 g/mol. The molecule has 3 heteroatoms. The zero-order valence-electron chi connectivity index (χ0n) is 11.2. The normalized spacial score (nSPS) is 12.2. The summed E-state index contributed by atoms with van der Waals surface area (Å²) in [6.45, 7) is 4.00. The Morgan fingerprint density at radius 1 is 1.21 bits per heavy atom. The van der Waals surface area contributed by atoms with E-state index in [1.165, 1.54) is 11.6 Å². The third-order valence-corrected chi connectivity index (χ3v) is 3.17. The van der Waals surface area contributed by atoms with Gasteiger partial charge in [-0.1, -0.05) is 25.1 Å². The summed E-state index contributed by atoms with van der Waals surface area (Å²) < 4.78 is 13.7. The minimum atomic E-state index is -0.397. The van der Waals surface area contributed by atoms with Crippen molar-refractivity contribution >= 4 is 5.69 Å². The molecule has 100 valence electrons. The zero-order chi connectivity index (χ0) is 13.8. The highest BCUT2D eigenvalue weighted by atomic mass is 19.1. The molecule has 2 nitrogen and oxygen atoms in total. The topological polar surface area (TPSA) is 32.3 Å². The summed E-state index contributed by atoms with van der Waals surface area (Å²) in [7, 11) is 0. The molecule has 2 aromatic rings. The van der Waals surface area contributed by atoms with Gasteiger partial charge in [0.15, 0.2) is 0 Å². The van der Waals surface area contributed by atoms with Crippen LogP contribution in [0.5, 0.6) is 5.75 Å². The van der Waals surface area contributed by atoms with Gasteiger partial charge in [0.25, 0.3) is 0 Å². The highest BCUT2D eigenvalue weighted by Gasteiger charge is 2.11. The summed E-state index contributed by atoms with van der Waals surface area (Å²) in [6, 6.07) is 12.2. The van der Waals surface area contributed by atoms with Gasteiger partial charge in [-0.3, -0.25) is 0 Å². The maximum Gasteiger partial charge on any atom is 0.132 e. The molecule has 19 heavy (non-hydrogen) atoms. The predicted molar refractivity (Wildman–Crippen MR) is 75.9 cm³/mol. The minimum Gasteiger partial charge on any atom is -0.508 e. The number of nitrogens with one attached hydrogen (secondary N) is 1. The van der Waals surface area contributed by atoms with E-state index >= 15 is 0 Å². The number of benzene rings is 2. The number of rotatable bonds is 4. The van der Waals surface area contributed by atoms with Crippen molar-refractivity contribution in [3.05, 3.63) is 59.4 Å². The Morgan fingerprint density at radius 2 is 2.00 bits per heavy atom. The second-order valence-corrected chi connectivity index (χ2v) is 4.63. The molecule has 2 N–H and O–H groups in total. The van der Waals surface area contributed by atoms with Gasteiger partial charge in [-0.25, -0.2) is 4.39 Å². The summed E-state index contributed by atoms with van der Waals surface area (Å²) >= 11 is 0. The number of phenols is 1. The van der Waals surface area contributed by atoms with E-state index in [4.69, 9.17) is 0 Å². The molecule has 2 aromatic carbocycles. The molecule has 0 aliphatic carbocycles. The maximum atomic E-state index is 13.7. The van der Waals surface area contributed by atoms with Crippen LogP contribution in [0, 0.1) is 5.82 Å². The van der Waals surface area contributed by atoms with Crippen molar-refractivity contribution in [2.45, 2.75) is 26.3 Å². The lowest BCUT2D eigenvalue weighted by molar-refractivity contribution is 0.467. The first-order valence-corrected chi connectivity index (χ1v) is 6.44. The average Bonchev–Trinajstić information content (AvgIpc) is 2.38. The number of anilines is 1. The first kappa shape index (κ1) is 13.4. The molecule has 1 unspecified atom stereocenters. The smallest absolute Gasteiger partial charge is 0.132 e. The molecule has 0 saturated carbocycles. The van der Waals surface area contributed by atoms with Gasteiger partial charge in [0, 0.05) is 17.3 Å². The molecule has 0 aliphatic heterocycles. The second kappa shape index (κ2) is 5.74. The summed E-state index contributed by atoms with van der Waals surface area (Å²) in [6.07, 6.45) is 0.970. The van der Waals surface area contributed by atoms with Crippen molar-refractivity contribution in [1.82, 2.24) is 0 Å². The van der Waals surface area contributed by atoms with Crippen molar-refractivity contribution in [1.29, 1.82) is 0 Å². The van der Waals surface area contributed by atoms with E-state index in [1.807, 2.05) is 19.1 Å². The number of halogens is 1. The Labute approximate surface area is 112 Å². The highest BCUT2D eigenvalue weighted by molar-refractivity contribution is 5.48. The fourth-order valence-electron chi connectivity index (χ4n) is 2.08. The molecule has 0 spiro atoms. The molecule has 2 rings (SSSR count). The van der Waals surface area contributed by atoms with Crippen molar-refractivity contribution < 1.29 is 9.50 Å². The van der Waals surface area contributed by atoms with Crippen LogP contribution in [0.1, 0.15) is 31.0 Å². The molecule has 0 amide bonds. The molecule has 1 atom stereocenters. The zero-order valence-corrected chi connectivity index (χ0v) is 11.2. The van der Waals surface area contributed by atoms with Gasteiger partial charge < -0.3 is 10.4 Å². The van der Waals surface area contributed by atoms with Gasteiger partial charge in [-0.2, -0.15) is 0 Å². The first-order valence-electron chi connectivity index (χ1n) is 6.44. The third kappa shape index (κ3) is 3.25. The van der Waals surface area contributed by atoms with E-state index in [2.05, 4.69) is 24.4 Å². The Kier molecular flexibility index (Phi) is 4.05. The van der Waals surface area contributed by atoms with Crippen molar-refractivity contribution in [3.8, 4) is 5.75 Å². The summed E-state index contributed by atoms with van der Waals surface area (Å²) in [5.41, 5.74) is 2.75.